The van der Waals surface area contributed by atoms with Gasteiger partial charge in [-0.25, -0.2) is 4.79 Å². The van der Waals surface area contributed by atoms with E-state index in [0.717, 1.165) is 24.9 Å². The zero-order valence-electron chi connectivity index (χ0n) is 21.1. The molecule has 0 spiro atoms. The van der Waals surface area contributed by atoms with Crippen molar-refractivity contribution in [3.8, 4) is 5.75 Å². The highest BCUT2D eigenvalue weighted by Crippen LogP contribution is 2.27. The van der Waals surface area contributed by atoms with Crippen LogP contribution in [0.4, 0.5) is 0 Å². The van der Waals surface area contributed by atoms with Crippen molar-refractivity contribution < 1.29 is 19.4 Å². The minimum atomic E-state index is -1.24. The topological polar surface area (TPSA) is 66.8 Å². The number of rotatable bonds is 15. The third-order valence-electron chi connectivity index (χ3n) is 7.11. The van der Waals surface area contributed by atoms with Crippen molar-refractivity contribution >= 4 is 11.9 Å². The van der Waals surface area contributed by atoms with Crippen LogP contribution in [0.15, 0.2) is 24.3 Å². The molecular weight excluding hydrogens is 414 g/mol. The van der Waals surface area contributed by atoms with Crippen molar-refractivity contribution in [2.45, 2.75) is 110 Å². The molecule has 0 saturated heterocycles. The monoisotopic (exact) mass is 459 g/mol. The van der Waals surface area contributed by atoms with Gasteiger partial charge in [0.05, 0.1) is 0 Å². The number of unbranched alkanes of at least 4 members (excludes halogenated alkanes) is 4. The first-order valence-corrected chi connectivity index (χ1v) is 13.2. The van der Waals surface area contributed by atoms with Crippen LogP contribution in [0.5, 0.6) is 5.75 Å². The van der Waals surface area contributed by atoms with Gasteiger partial charge in [0, 0.05) is 19.5 Å². The van der Waals surface area contributed by atoms with Gasteiger partial charge in [0.1, 0.15) is 5.75 Å². The highest BCUT2D eigenvalue weighted by molar-refractivity contribution is 5.77. The lowest BCUT2D eigenvalue weighted by Crippen LogP contribution is -2.40. The van der Waals surface area contributed by atoms with E-state index < -0.39 is 11.6 Å². The Morgan fingerprint density at radius 2 is 1.79 bits per heavy atom. The van der Waals surface area contributed by atoms with Crippen molar-refractivity contribution in [3.63, 3.8) is 0 Å². The number of carbonyl (C=O) groups excluding carboxylic acids is 1. The molecule has 1 aromatic rings. The van der Waals surface area contributed by atoms with Crippen LogP contribution < -0.4 is 4.74 Å². The van der Waals surface area contributed by atoms with E-state index in [2.05, 4.69) is 11.8 Å². The number of carboxylic acids is 1. The first-order valence-electron chi connectivity index (χ1n) is 13.2. The normalized spacial score (nSPS) is 16.2. The number of carboxylic acid groups (broad SMARTS) is 1. The van der Waals surface area contributed by atoms with E-state index >= 15 is 0 Å². The summed E-state index contributed by atoms with van der Waals surface area (Å²) in [6.45, 7) is 7.17. The van der Waals surface area contributed by atoms with Gasteiger partial charge in [-0.05, 0) is 62.6 Å². The number of hydrogen-bond acceptors (Lipinski definition) is 3. The van der Waals surface area contributed by atoms with Gasteiger partial charge in [-0.2, -0.15) is 0 Å². The van der Waals surface area contributed by atoms with Crippen LogP contribution in [0.25, 0.3) is 0 Å². The van der Waals surface area contributed by atoms with Gasteiger partial charge in [0.25, 0.3) is 0 Å². The summed E-state index contributed by atoms with van der Waals surface area (Å²) in [4.78, 5) is 26.8. The SMILES string of the molecule is CCCCCCCN(CCc1cccc(OC(C)(CC)C(=O)O)c1)C(=O)CC1CCCCC1. The molecule has 1 aliphatic rings. The average molecular weight is 460 g/mol. The van der Waals surface area contributed by atoms with Crippen LogP contribution in [0, 0.1) is 5.92 Å². The second-order valence-corrected chi connectivity index (χ2v) is 9.89. The minimum absolute atomic E-state index is 0.300. The highest BCUT2D eigenvalue weighted by Gasteiger charge is 2.33. The van der Waals surface area contributed by atoms with E-state index in [1.807, 2.05) is 25.1 Å². The third kappa shape index (κ3) is 9.38. The maximum Gasteiger partial charge on any atom is 0.347 e. The number of aliphatic carboxylic acids is 1. The molecule has 1 aliphatic carbocycles. The van der Waals surface area contributed by atoms with Crippen LogP contribution >= 0.6 is 0 Å². The van der Waals surface area contributed by atoms with Crippen LogP contribution in [0.3, 0.4) is 0 Å². The lowest BCUT2D eigenvalue weighted by molar-refractivity contribution is -0.154. The molecule has 0 aliphatic heterocycles. The van der Waals surface area contributed by atoms with Gasteiger partial charge in [0.2, 0.25) is 11.5 Å². The number of nitrogens with zero attached hydrogens (tertiary/aromatic N) is 1. The minimum Gasteiger partial charge on any atom is -0.478 e. The quantitative estimate of drug-likeness (QED) is 0.299. The maximum atomic E-state index is 13.2. The van der Waals surface area contributed by atoms with Gasteiger partial charge < -0.3 is 14.7 Å². The first kappa shape index (κ1) is 27.2. The summed E-state index contributed by atoms with van der Waals surface area (Å²) in [5.41, 5.74) is -0.170. The summed E-state index contributed by atoms with van der Waals surface area (Å²) in [5.74, 6) is 0.458. The van der Waals surface area contributed by atoms with Crippen LogP contribution in [-0.4, -0.2) is 40.6 Å². The molecule has 1 atom stereocenters. The fourth-order valence-corrected chi connectivity index (χ4v) is 4.59. The molecule has 1 aromatic carbocycles. The van der Waals surface area contributed by atoms with Crippen molar-refractivity contribution in [1.29, 1.82) is 0 Å². The highest BCUT2D eigenvalue weighted by atomic mass is 16.5. The Hall–Kier alpha value is -2.04. The predicted molar refractivity (Wildman–Crippen MR) is 134 cm³/mol. The van der Waals surface area contributed by atoms with Crippen molar-refractivity contribution in [3.05, 3.63) is 29.8 Å². The van der Waals surface area contributed by atoms with Crippen LogP contribution in [0.1, 0.15) is 103 Å². The molecule has 0 aromatic heterocycles. The summed E-state index contributed by atoms with van der Waals surface area (Å²) in [6, 6.07) is 7.66. The molecule has 1 saturated carbocycles. The van der Waals surface area contributed by atoms with Crippen molar-refractivity contribution in [1.82, 2.24) is 4.90 Å². The Bertz CT molecular complexity index is 728. The molecule has 1 fully saturated rings. The lowest BCUT2D eigenvalue weighted by Gasteiger charge is -2.27. The first-order chi connectivity index (χ1) is 15.9. The lowest BCUT2D eigenvalue weighted by atomic mass is 9.86. The molecule has 5 nitrogen and oxygen atoms in total. The summed E-state index contributed by atoms with van der Waals surface area (Å²) in [7, 11) is 0. The molecule has 2 rings (SSSR count). The second kappa shape index (κ2) is 14.3. The van der Waals surface area contributed by atoms with E-state index in [1.165, 1.54) is 57.8 Å². The van der Waals surface area contributed by atoms with Gasteiger partial charge in [-0.3, -0.25) is 4.79 Å². The van der Waals surface area contributed by atoms with Gasteiger partial charge >= 0.3 is 5.97 Å². The van der Waals surface area contributed by atoms with Gasteiger partial charge in [0.15, 0.2) is 0 Å². The number of carbonyl (C=O) groups is 2. The Morgan fingerprint density at radius 3 is 2.45 bits per heavy atom. The van der Waals surface area contributed by atoms with E-state index in [1.54, 1.807) is 13.0 Å². The molecule has 5 heteroatoms. The summed E-state index contributed by atoms with van der Waals surface area (Å²) in [5, 5.41) is 9.50. The standard InChI is InChI=1S/C28H45NO4/c1-4-6-7-8-12-19-29(26(30)22-23-14-10-9-11-15-23)20-18-24-16-13-17-25(21-24)33-28(3,5-2)27(31)32/h13,16-17,21,23H,4-12,14-15,18-20,22H2,1-3H3,(H,31,32). The third-order valence-corrected chi connectivity index (χ3v) is 7.11. The maximum absolute atomic E-state index is 13.2. The summed E-state index contributed by atoms with van der Waals surface area (Å²) < 4.78 is 5.83. The zero-order valence-corrected chi connectivity index (χ0v) is 21.1. The number of amides is 1. The van der Waals surface area contributed by atoms with Crippen LogP contribution in [0.2, 0.25) is 0 Å². The Labute approximate surface area is 200 Å². The number of hydrogen-bond donors (Lipinski definition) is 1. The Morgan fingerprint density at radius 1 is 1.06 bits per heavy atom. The molecule has 1 amide bonds. The summed E-state index contributed by atoms with van der Waals surface area (Å²) >= 11 is 0. The molecular formula is C28H45NO4. The van der Waals surface area contributed by atoms with E-state index in [0.29, 0.717) is 37.0 Å². The fourth-order valence-electron chi connectivity index (χ4n) is 4.59. The zero-order chi connectivity index (χ0) is 24.1. The van der Waals surface area contributed by atoms with Crippen molar-refractivity contribution in [2.75, 3.05) is 13.1 Å². The van der Waals surface area contributed by atoms with E-state index in [4.69, 9.17) is 4.74 Å². The molecule has 186 valence electrons. The smallest absolute Gasteiger partial charge is 0.347 e. The molecule has 1 N–H and O–H groups in total. The number of benzene rings is 1. The molecule has 33 heavy (non-hydrogen) atoms. The van der Waals surface area contributed by atoms with Crippen LogP contribution in [-0.2, 0) is 16.0 Å². The van der Waals surface area contributed by atoms with E-state index in [-0.39, 0.29) is 0 Å². The molecule has 0 radical (unpaired) electrons. The summed E-state index contributed by atoms with van der Waals surface area (Å²) in [6.07, 6.45) is 14.0. The molecule has 0 bridgehead atoms. The Balaban J connectivity index is 1.98. The molecule has 0 heterocycles. The fraction of sp³-hybridized carbons (Fsp3) is 0.714. The number of ether oxygens (including phenoxy) is 1. The van der Waals surface area contributed by atoms with Gasteiger partial charge in [-0.1, -0.05) is 70.9 Å². The second-order valence-electron chi connectivity index (χ2n) is 9.89. The predicted octanol–water partition coefficient (Wildman–Crippen LogP) is 6.63. The largest absolute Gasteiger partial charge is 0.478 e. The molecule has 1 unspecified atom stereocenters. The van der Waals surface area contributed by atoms with E-state index in [9.17, 15) is 14.7 Å². The van der Waals surface area contributed by atoms with Crippen molar-refractivity contribution in [2.24, 2.45) is 5.92 Å². The van der Waals surface area contributed by atoms with Gasteiger partial charge in [-0.15, -0.1) is 0 Å². The average Bonchev–Trinajstić information content (AvgIpc) is 2.81. The Kier molecular flexibility index (Phi) is 11.8.